The molecule has 2 N–H and O–H groups in total. The largest absolute Gasteiger partial charge is 0.397 e. The molecule has 3 atom stereocenters. The van der Waals surface area contributed by atoms with Crippen LogP contribution >= 0.6 is 0 Å². The van der Waals surface area contributed by atoms with Gasteiger partial charge in [-0.05, 0) is 43.1 Å². The molecule has 17 heavy (non-hydrogen) atoms. The van der Waals surface area contributed by atoms with Crippen molar-refractivity contribution < 1.29 is 0 Å². The van der Waals surface area contributed by atoms with Crippen LogP contribution in [-0.2, 0) is 0 Å². The van der Waals surface area contributed by atoms with Crippen LogP contribution in [0.15, 0.2) is 18.5 Å². The van der Waals surface area contributed by atoms with E-state index >= 15 is 0 Å². The third-order valence-electron chi connectivity index (χ3n) is 4.58. The van der Waals surface area contributed by atoms with Crippen LogP contribution in [-0.4, -0.2) is 18.6 Å². The van der Waals surface area contributed by atoms with Gasteiger partial charge in [0.1, 0.15) is 0 Å². The van der Waals surface area contributed by atoms with Crippen LogP contribution in [0, 0.1) is 17.8 Å². The SMILES string of the molecule is CN(CC1CC2CCC1C2)c1cncc(N)c1. The van der Waals surface area contributed by atoms with Crippen LogP contribution in [0.4, 0.5) is 11.4 Å². The summed E-state index contributed by atoms with van der Waals surface area (Å²) in [6.45, 7) is 1.16. The van der Waals surface area contributed by atoms with Crippen molar-refractivity contribution in [3.8, 4) is 0 Å². The molecule has 0 aliphatic heterocycles. The lowest BCUT2D eigenvalue weighted by Gasteiger charge is -2.28. The third kappa shape index (κ3) is 2.11. The molecule has 2 fully saturated rings. The van der Waals surface area contributed by atoms with Gasteiger partial charge in [-0.2, -0.15) is 0 Å². The van der Waals surface area contributed by atoms with Gasteiger partial charge in [0.2, 0.25) is 0 Å². The summed E-state index contributed by atoms with van der Waals surface area (Å²) in [6, 6.07) is 2.01. The number of pyridine rings is 1. The number of anilines is 2. The molecule has 0 amide bonds. The van der Waals surface area contributed by atoms with Crippen molar-refractivity contribution in [2.24, 2.45) is 17.8 Å². The number of nitrogens with zero attached hydrogens (tertiary/aromatic N) is 2. The van der Waals surface area contributed by atoms with E-state index in [1.165, 1.54) is 25.7 Å². The molecule has 0 aromatic carbocycles. The maximum absolute atomic E-state index is 5.78. The molecule has 3 rings (SSSR count). The number of nitrogen functional groups attached to an aromatic ring is 1. The van der Waals surface area contributed by atoms with Crippen LogP contribution in [0.5, 0.6) is 0 Å². The summed E-state index contributed by atoms with van der Waals surface area (Å²) < 4.78 is 0. The predicted molar refractivity (Wildman–Crippen MR) is 70.9 cm³/mol. The minimum absolute atomic E-state index is 0.752. The van der Waals surface area contributed by atoms with Crippen LogP contribution < -0.4 is 10.6 Å². The molecule has 2 saturated carbocycles. The Kier molecular flexibility index (Phi) is 2.69. The topological polar surface area (TPSA) is 42.2 Å². The van der Waals surface area contributed by atoms with Crippen LogP contribution in [0.3, 0.4) is 0 Å². The smallest absolute Gasteiger partial charge is 0.0570 e. The molecule has 2 aliphatic rings. The van der Waals surface area contributed by atoms with Crippen LogP contribution in [0.1, 0.15) is 25.7 Å². The number of hydrogen-bond donors (Lipinski definition) is 1. The monoisotopic (exact) mass is 231 g/mol. The second-order valence-corrected chi connectivity index (χ2v) is 5.79. The van der Waals surface area contributed by atoms with E-state index in [2.05, 4.69) is 16.9 Å². The Bertz CT molecular complexity index is 404. The van der Waals surface area contributed by atoms with E-state index in [9.17, 15) is 0 Å². The highest BCUT2D eigenvalue weighted by Gasteiger charge is 2.39. The first-order chi connectivity index (χ1) is 8.22. The van der Waals surface area contributed by atoms with Gasteiger partial charge < -0.3 is 10.6 Å². The van der Waals surface area contributed by atoms with Gasteiger partial charge in [-0.1, -0.05) is 6.42 Å². The fourth-order valence-electron chi connectivity index (χ4n) is 3.71. The van der Waals surface area contributed by atoms with Crippen molar-refractivity contribution >= 4 is 11.4 Å². The van der Waals surface area contributed by atoms with Gasteiger partial charge in [-0.25, -0.2) is 0 Å². The van der Waals surface area contributed by atoms with Crippen molar-refractivity contribution in [3.63, 3.8) is 0 Å². The van der Waals surface area contributed by atoms with Crippen molar-refractivity contribution in [3.05, 3.63) is 18.5 Å². The predicted octanol–water partition coefficient (Wildman–Crippen LogP) is 2.54. The molecule has 0 radical (unpaired) electrons. The summed E-state index contributed by atoms with van der Waals surface area (Å²) in [5.41, 5.74) is 7.67. The molecule has 0 saturated heterocycles. The Labute approximate surface area is 103 Å². The Morgan fingerprint density at radius 2 is 2.24 bits per heavy atom. The highest BCUT2D eigenvalue weighted by atomic mass is 15.1. The second-order valence-electron chi connectivity index (χ2n) is 5.79. The first-order valence-corrected chi connectivity index (χ1v) is 6.64. The molecule has 2 bridgehead atoms. The van der Waals surface area contributed by atoms with E-state index < -0.39 is 0 Å². The minimum Gasteiger partial charge on any atom is -0.397 e. The number of aromatic nitrogens is 1. The molecule has 1 aromatic heterocycles. The number of rotatable bonds is 3. The van der Waals surface area contributed by atoms with Gasteiger partial charge in [0.05, 0.1) is 17.6 Å². The van der Waals surface area contributed by atoms with E-state index in [0.717, 1.165) is 35.7 Å². The Morgan fingerprint density at radius 1 is 1.35 bits per heavy atom. The van der Waals surface area contributed by atoms with Gasteiger partial charge >= 0.3 is 0 Å². The van der Waals surface area contributed by atoms with E-state index in [-0.39, 0.29) is 0 Å². The number of hydrogen-bond acceptors (Lipinski definition) is 3. The highest BCUT2D eigenvalue weighted by molar-refractivity contribution is 5.52. The summed E-state index contributed by atoms with van der Waals surface area (Å²) in [5, 5.41) is 0. The second kappa shape index (κ2) is 4.21. The lowest BCUT2D eigenvalue weighted by molar-refractivity contribution is 0.337. The Balaban J connectivity index is 1.65. The van der Waals surface area contributed by atoms with E-state index in [1.54, 1.807) is 6.20 Å². The molecular weight excluding hydrogens is 210 g/mol. The molecule has 92 valence electrons. The first kappa shape index (κ1) is 10.9. The first-order valence-electron chi connectivity index (χ1n) is 6.64. The zero-order valence-corrected chi connectivity index (χ0v) is 10.5. The molecule has 2 aliphatic carbocycles. The summed E-state index contributed by atoms with van der Waals surface area (Å²) in [7, 11) is 2.16. The summed E-state index contributed by atoms with van der Waals surface area (Å²) >= 11 is 0. The molecule has 3 heteroatoms. The fourth-order valence-corrected chi connectivity index (χ4v) is 3.71. The highest BCUT2D eigenvalue weighted by Crippen LogP contribution is 2.48. The van der Waals surface area contributed by atoms with Gasteiger partial charge in [0.25, 0.3) is 0 Å². The summed E-state index contributed by atoms with van der Waals surface area (Å²) in [6.07, 6.45) is 9.46. The number of fused-ring (bicyclic) bond motifs is 2. The quantitative estimate of drug-likeness (QED) is 0.869. The van der Waals surface area contributed by atoms with E-state index in [4.69, 9.17) is 5.73 Å². The Hall–Kier alpha value is -1.25. The van der Waals surface area contributed by atoms with Gasteiger partial charge in [0.15, 0.2) is 0 Å². The van der Waals surface area contributed by atoms with E-state index in [0.29, 0.717) is 0 Å². The average Bonchev–Trinajstić information content (AvgIpc) is 2.91. The minimum atomic E-state index is 0.752. The van der Waals surface area contributed by atoms with Crippen molar-refractivity contribution in [1.29, 1.82) is 0 Å². The standard InChI is InChI=1S/C14H21N3/c1-17(14-6-13(15)7-16-8-14)9-12-5-10-2-3-11(12)4-10/h6-8,10-12H,2-5,9,15H2,1H3. The average molecular weight is 231 g/mol. The third-order valence-corrected chi connectivity index (χ3v) is 4.58. The van der Waals surface area contributed by atoms with Crippen molar-refractivity contribution in [1.82, 2.24) is 4.98 Å². The zero-order chi connectivity index (χ0) is 11.8. The maximum Gasteiger partial charge on any atom is 0.0570 e. The fraction of sp³-hybridized carbons (Fsp3) is 0.643. The molecular formula is C14H21N3. The zero-order valence-electron chi connectivity index (χ0n) is 10.5. The molecule has 0 spiro atoms. The lowest BCUT2D eigenvalue weighted by Crippen LogP contribution is -2.28. The lowest BCUT2D eigenvalue weighted by atomic mass is 9.88. The molecule has 1 heterocycles. The molecule has 3 nitrogen and oxygen atoms in total. The van der Waals surface area contributed by atoms with Crippen LogP contribution in [0.25, 0.3) is 0 Å². The molecule has 1 aromatic rings. The summed E-state index contributed by atoms with van der Waals surface area (Å²) in [4.78, 5) is 6.48. The van der Waals surface area contributed by atoms with Crippen LogP contribution in [0.2, 0.25) is 0 Å². The Morgan fingerprint density at radius 3 is 2.88 bits per heavy atom. The van der Waals surface area contributed by atoms with Gasteiger partial charge in [0, 0.05) is 19.8 Å². The van der Waals surface area contributed by atoms with Gasteiger partial charge in [-0.15, -0.1) is 0 Å². The molecule has 3 unspecified atom stereocenters. The summed E-state index contributed by atoms with van der Waals surface area (Å²) in [5.74, 6) is 2.90. The van der Waals surface area contributed by atoms with Crippen molar-refractivity contribution in [2.75, 3.05) is 24.2 Å². The normalized spacial score (nSPS) is 30.8. The van der Waals surface area contributed by atoms with E-state index in [1.807, 2.05) is 12.3 Å². The van der Waals surface area contributed by atoms with Gasteiger partial charge in [-0.3, -0.25) is 4.98 Å². The number of nitrogens with two attached hydrogens (primary N) is 1. The van der Waals surface area contributed by atoms with Crippen molar-refractivity contribution in [2.45, 2.75) is 25.7 Å². The maximum atomic E-state index is 5.78.